The van der Waals surface area contributed by atoms with Gasteiger partial charge in [0.1, 0.15) is 12.7 Å². The van der Waals surface area contributed by atoms with Crippen molar-refractivity contribution >= 4 is 25.7 Å². The van der Waals surface area contributed by atoms with E-state index < -0.39 is 64.4 Å². The summed E-state index contributed by atoms with van der Waals surface area (Å²) in [6.07, 6.45) is 65.8. The molecule has 0 bridgehead atoms. The molecule has 0 saturated carbocycles. The van der Waals surface area contributed by atoms with Crippen molar-refractivity contribution in [1.29, 1.82) is 0 Å². The van der Waals surface area contributed by atoms with E-state index in [-0.39, 0.29) is 19.3 Å². The van der Waals surface area contributed by atoms with Crippen LogP contribution >= 0.6 is 7.82 Å². The first-order valence-electron chi connectivity index (χ1n) is 27.1. The normalized spacial score (nSPS) is 14.5. The van der Waals surface area contributed by atoms with Crippen LogP contribution in [0, 0.1) is 0 Å². The van der Waals surface area contributed by atoms with Crippen LogP contribution in [0.1, 0.15) is 188 Å². The predicted octanol–water partition coefficient (Wildman–Crippen LogP) is 15.8. The minimum atomic E-state index is -4.78. The Morgan fingerprint density at radius 2 is 0.750 bits per heavy atom. The van der Waals surface area contributed by atoms with E-state index in [1.54, 1.807) is 0 Å². The summed E-state index contributed by atoms with van der Waals surface area (Å²) in [7, 11) is -4.78. The van der Waals surface area contributed by atoms with E-state index >= 15 is 0 Å². The molecule has 0 fully saturated rings. The molecule has 0 radical (unpaired) electrons. The molecule has 11 nitrogen and oxygen atoms in total. The largest absolute Gasteiger partial charge is 0.472 e. The summed E-state index contributed by atoms with van der Waals surface area (Å²) in [5, 5.41) is 9.77. The van der Waals surface area contributed by atoms with Crippen molar-refractivity contribution in [2.75, 3.05) is 26.4 Å². The average Bonchev–Trinajstić information content (AvgIpc) is 3.37. The summed E-state index contributed by atoms with van der Waals surface area (Å²) in [4.78, 5) is 48.3. The Morgan fingerprint density at radius 1 is 0.403 bits per heavy atom. The van der Waals surface area contributed by atoms with Crippen molar-refractivity contribution in [3.63, 3.8) is 0 Å². The summed E-state index contributed by atoms with van der Waals surface area (Å²) in [6.45, 7) is 4.19. The van der Waals surface area contributed by atoms with Gasteiger partial charge < -0.3 is 24.2 Å². The molecule has 0 aliphatic carbocycles. The minimum absolute atomic E-state index is 0.0843. The molecule has 3 unspecified atom stereocenters. The van der Waals surface area contributed by atoms with Gasteiger partial charge in [-0.1, -0.05) is 187 Å². The number of carbonyl (C=O) groups excluding carboxylic acids is 3. The molecule has 2 N–H and O–H groups in total. The monoisotopic (exact) mass is 1020 g/mol. The lowest BCUT2D eigenvalue weighted by molar-refractivity contribution is -0.161. The zero-order chi connectivity index (χ0) is 52.7. The third kappa shape index (κ3) is 50.6. The van der Waals surface area contributed by atoms with Gasteiger partial charge in [-0.05, 0) is 116 Å². The van der Waals surface area contributed by atoms with Crippen LogP contribution < -0.4 is 0 Å². The Morgan fingerprint density at radius 3 is 1.21 bits per heavy atom. The van der Waals surface area contributed by atoms with Gasteiger partial charge in [-0.15, -0.1) is 0 Å². The molecule has 0 amide bonds. The number of hydrogen-bond acceptors (Lipinski definition) is 10. The van der Waals surface area contributed by atoms with Crippen molar-refractivity contribution in [3.05, 3.63) is 134 Å². The summed E-state index contributed by atoms with van der Waals surface area (Å²) in [5.74, 6) is -1.65. The minimum Gasteiger partial charge on any atom is -0.462 e. The van der Waals surface area contributed by atoms with E-state index in [9.17, 15) is 28.9 Å². The van der Waals surface area contributed by atoms with Gasteiger partial charge >= 0.3 is 25.7 Å². The Kier molecular flexibility index (Phi) is 49.7. The first-order valence-corrected chi connectivity index (χ1v) is 28.6. The van der Waals surface area contributed by atoms with E-state index in [4.69, 9.17) is 23.3 Å². The summed E-state index contributed by atoms with van der Waals surface area (Å²) in [6, 6.07) is 0. The quantitative estimate of drug-likeness (QED) is 0.0197. The van der Waals surface area contributed by atoms with Crippen LogP contribution in [-0.4, -0.2) is 66.5 Å². The van der Waals surface area contributed by atoms with E-state index in [2.05, 4.69) is 142 Å². The Labute approximate surface area is 436 Å². The van der Waals surface area contributed by atoms with Crippen molar-refractivity contribution in [2.45, 2.75) is 200 Å². The Bertz CT molecular complexity index is 1710. The molecular formula is C60H95O11P. The highest BCUT2D eigenvalue weighted by Gasteiger charge is 2.28. The molecule has 72 heavy (non-hydrogen) atoms. The van der Waals surface area contributed by atoms with E-state index in [1.807, 2.05) is 12.2 Å². The number of aliphatic hydroxyl groups is 1. The fourth-order valence-corrected chi connectivity index (χ4v) is 7.25. The van der Waals surface area contributed by atoms with Crippen LogP contribution in [-0.2, 0) is 42.2 Å². The number of rotatable bonds is 48. The zero-order valence-electron chi connectivity index (χ0n) is 44.6. The maximum absolute atomic E-state index is 12.9. The zero-order valence-corrected chi connectivity index (χ0v) is 45.5. The Balaban J connectivity index is 4.94. The molecule has 0 aromatic rings. The number of unbranched alkanes of at least 4 members (excludes halogenated alkanes) is 9. The summed E-state index contributed by atoms with van der Waals surface area (Å²) >= 11 is 0. The topological polar surface area (TPSA) is 155 Å². The standard InChI is InChI=1S/C60H95O11P/c1-4-7-10-13-16-19-22-24-26-27-28-29-31-32-35-37-40-43-46-49-58(62)67-53-57(71-60(64)51-48-45-42-39-36-33-30-25-23-20-17-14-11-8-5-2)55-69-72(65,66)68-54-56(52-61)70-59(63)50-47-44-41-38-34-21-18-15-12-9-6-3/h7-8,10-11,15-20,24-26,28-30,32,35-36,39-40,43,56-57,61H,4-6,9,12-14,21-23,27,31,33-34,37-38,41-42,44-55H2,1-3H3,(H,65,66)/b10-7-,11-8-,18-15-,19-16-,20-17-,26-24-,29-28-,30-25-,35-32-,39-36-,43-40-. The van der Waals surface area contributed by atoms with Crippen molar-refractivity contribution in [2.24, 2.45) is 0 Å². The molecule has 0 saturated heterocycles. The molecule has 0 spiro atoms. The van der Waals surface area contributed by atoms with Gasteiger partial charge in [0.25, 0.3) is 0 Å². The number of ether oxygens (including phenoxy) is 3. The van der Waals surface area contributed by atoms with Gasteiger partial charge in [0.2, 0.25) is 0 Å². The highest BCUT2D eigenvalue weighted by Crippen LogP contribution is 2.43. The van der Waals surface area contributed by atoms with E-state index in [0.29, 0.717) is 19.3 Å². The van der Waals surface area contributed by atoms with Gasteiger partial charge in [-0.25, -0.2) is 4.57 Å². The lowest BCUT2D eigenvalue weighted by atomic mass is 10.1. The highest BCUT2D eigenvalue weighted by atomic mass is 31.2. The maximum Gasteiger partial charge on any atom is 0.472 e. The van der Waals surface area contributed by atoms with Gasteiger partial charge in [-0.3, -0.25) is 23.4 Å². The molecule has 0 aromatic carbocycles. The second kappa shape index (κ2) is 52.9. The number of aliphatic hydroxyl groups excluding tert-OH is 1. The third-order valence-electron chi connectivity index (χ3n) is 10.6. The molecule has 0 aliphatic rings. The number of phosphoric ester groups is 1. The maximum atomic E-state index is 12.9. The number of hydrogen-bond donors (Lipinski definition) is 2. The molecule has 406 valence electrons. The van der Waals surface area contributed by atoms with E-state index in [1.165, 1.54) is 12.8 Å². The van der Waals surface area contributed by atoms with Gasteiger partial charge in [-0.2, -0.15) is 0 Å². The SMILES string of the molecule is CC/C=C\C/C=C\C/C=C\C/C=C\C/C=C\C/C=C\CCC(=O)OCC(COP(=O)(O)OCC(CO)OC(=O)CCCCCCC/C=C\CCCC)OC(=O)CCCC/C=C\C/C=C\C/C=C\C/C=C\CC. The predicted molar refractivity (Wildman–Crippen MR) is 297 cm³/mol. The van der Waals surface area contributed by atoms with Gasteiger partial charge in [0, 0.05) is 19.3 Å². The summed E-state index contributed by atoms with van der Waals surface area (Å²) < 4.78 is 39.3. The molecule has 0 rings (SSSR count). The van der Waals surface area contributed by atoms with E-state index in [0.717, 1.165) is 116 Å². The Hall–Kier alpha value is -4.38. The molecule has 3 atom stereocenters. The first-order chi connectivity index (χ1) is 35.2. The van der Waals surface area contributed by atoms with Crippen LogP contribution in [0.25, 0.3) is 0 Å². The van der Waals surface area contributed by atoms with Crippen LogP contribution in [0.5, 0.6) is 0 Å². The summed E-state index contributed by atoms with van der Waals surface area (Å²) in [5.41, 5.74) is 0. The number of esters is 3. The smallest absolute Gasteiger partial charge is 0.462 e. The second-order valence-electron chi connectivity index (χ2n) is 17.3. The van der Waals surface area contributed by atoms with Crippen LogP contribution in [0.3, 0.4) is 0 Å². The van der Waals surface area contributed by atoms with Gasteiger partial charge in [0.05, 0.1) is 19.8 Å². The van der Waals surface area contributed by atoms with Crippen LogP contribution in [0.2, 0.25) is 0 Å². The fourth-order valence-electron chi connectivity index (χ4n) is 6.47. The fraction of sp³-hybridized carbons (Fsp3) is 0.583. The van der Waals surface area contributed by atoms with Crippen molar-refractivity contribution in [3.8, 4) is 0 Å². The number of phosphoric acid groups is 1. The molecule has 0 heterocycles. The van der Waals surface area contributed by atoms with Crippen molar-refractivity contribution < 1.29 is 52.2 Å². The molecule has 12 heteroatoms. The third-order valence-corrected chi connectivity index (χ3v) is 11.5. The lowest BCUT2D eigenvalue weighted by Crippen LogP contribution is -2.30. The van der Waals surface area contributed by atoms with Crippen molar-refractivity contribution in [1.82, 2.24) is 0 Å². The van der Waals surface area contributed by atoms with Gasteiger partial charge in [0.15, 0.2) is 6.10 Å². The highest BCUT2D eigenvalue weighted by molar-refractivity contribution is 7.47. The number of allylic oxidation sites excluding steroid dienone is 22. The lowest BCUT2D eigenvalue weighted by Gasteiger charge is -2.21. The molecule has 0 aliphatic heterocycles. The second-order valence-corrected chi connectivity index (χ2v) is 18.7. The van der Waals surface area contributed by atoms with Crippen LogP contribution in [0.15, 0.2) is 134 Å². The van der Waals surface area contributed by atoms with Crippen LogP contribution in [0.4, 0.5) is 0 Å². The molecular weight excluding hydrogens is 928 g/mol. The average molecular weight is 1020 g/mol. The molecule has 0 aromatic heterocycles. The number of carbonyl (C=O) groups is 3. The first kappa shape index (κ1) is 67.6.